The Hall–Kier alpha value is -2.66. The largest absolute Gasteiger partial charge is 0.354 e. The topological polar surface area (TPSA) is 57.3 Å². The second kappa shape index (κ2) is 8.57. The van der Waals surface area contributed by atoms with Crippen molar-refractivity contribution in [2.75, 3.05) is 36.4 Å². The molecule has 0 radical (unpaired) electrons. The molecule has 5 heteroatoms. The van der Waals surface area contributed by atoms with Crippen LogP contribution in [0.3, 0.4) is 0 Å². The van der Waals surface area contributed by atoms with Crippen LogP contribution < -0.4 is 15.5 Å². The Labute approximate surface area is 166 Å². The average Bonchev–Trinajstić information content (AvgIpc) is 2.75. The number of pyridine rings is 1. The minimum Gasteiger partial charge on any atom is -0.354 e. The summed E-state index contributed by atoms with van der Waals surface area (Å²) in [6.07, 6.45) is 5.77. The molecule has 0 atom stereocenters. The summed E-state index contributed by atoms with van der Waals surface area (Å²) >= 11 is 0. The van der Waals surface area contributed by atoms with Gasteiger partial charge in [0.25, 0.3) is 5.91 Å². The minimum atomic E-state index is 0.00648. The molecule has 1 aliphatic carbocycles. The Balaban J connectivity index is 1.50. The van der Waals surface area contributed by atoms with E-state index in [9.17, 15) is 4.79 Å². The van der Waals surface area contributed by atoms with Gasteiger partial charge in [0.1, 0.15) is 5.82 Å². The van der Waals surface area contributed by atoms with Crippen LogP contribution in [0.4, 0.5) is 11.5 Å². The smallest absolute Gasteiger partial charge is 0.251 e. The minimum absolute atomic E-state index is 0.00648. The molecule has 1 aliphatic heterocycles. The van der Waals surface area contributed by atoms with E-state index in [1.165, 1.54) is 16.7 Å². The number of allylic oxidation sites excluding steroid dienone is 1. The molecule has 28 heavy (non-hydrogen) atoms. The first-order valence-electron chi connectivity index (χ1n) is 10.2. The average molecular weight is 377 g/mol. The van der Waals surface area contributed by atoms with Crippen LogP contribution in [0.1, 0.15) is 36.8 Å². The van der Waals surface area contributed by atoms with Crippen LogP contribution in [0.2, 0.25) is 0 Å². The number of piperazine rings is 1. The summed E-state index contributed by atoms with van der Waals surface area (Å²) in [7, 11) is 0. The quantitative estimate of drug-likeness (QED) is 0.853. The number of aryl methyl sites for hydroxylation is 1. The molecule has 146 valence electrons. The fourth-order valence-electron chi connectivity index (χ4n) is 3.98. The van der Waals surface area contributed by atoms with Crippen molar-refractivity contribution in [1.82, 2.24) is 10.3 Å². The highest BCUT2D eigenvalue weighted by Gasteiger charge is 2.20. The van der Waals surface area contributed by atoms with Crippen molar-refractivity contribution in [3.8, 4) is 0 Å². The molecule has 2 aromatic rings. The van der Waals surface area contributed by atoms with Crippen LogP contribution >= 0.6 is 0 Å². The van der Waals surface area contributed by atoms with Gasteiger partial charge in [-0.15, -0.1) is 0 Å². The lowest BCUT2D eigenvalue weighted by Crippen LogP contribution is -2.43. The first-order chi connectivity index (χ1) is 13.7. The predicted molar refractivity (Wildman–Crippen MR) is 115 cm³/mol. The highest BCUT2D eigenvalue weighted by molar-refractivity contribution is 6.09. The monoisotopic (exact) mass is 376 g/mol. The van der Waals surface area contributed by atoms with Crippen LogP contribution in [0.5, 0.6) is 0 Å². The van der Waals surface area contributed by atoms with Gasteiger partial charge in [-0.3, -0.25) is 4.79 Å². The molecule has 1 saturated heterocycles. The van der Waals surface area contributed by atoms with Crippen molar-refractivity contribution >= 4 is 23.0 Å². The second-order valence-electron chi connectivity index (χ2n) is 7.63. The van der Waals surface area contributed by atoms with E-state index in [1.807, 2.05) is 12.1 Å². The van der Waals surface area contributed by atoms with Crippen LogP contribution in [0.25, 0.3) is 5.57 Å². The maximum atomic E-state index is 13.0. The van der Waals surface area contributed by atoms with Crippen molar-refractivity contribution in [2.45, 2.75) is 32.6 Å². The Morgan fingerprint density at radius 1 is 1.04 bits per heavy atom. The second-order valence-corrected chi connectivity index (χ2v) is 7.63. The third-order valence-corrected chi connectivity index (χ3v) is 5.59. The van der Waals surface area contributed by atoms with E-state index >= 15 is 0 Å². The Morgan fingerprint density at radius 2 is 1.79 bits per heavy atom. The number of carbonyl (C=O) groups excluding carboxylic acids is 1. The van der Waals surface area contributed by atoms with E-state index in [-0.39, 0.29) is 5.91 Å². The highest BCUT2D eigenvalue weighted by atomic mass is 16.1. The Bertz CT molecular complexity index is 849. The third kappa shape index (κ3) is 4.25. The van der Waals surface area contributed by atoms with Crippen LogP contribution in [-0.4, -0.2) is 37.1 Å². The molecular formula is C23H28N4O. The number of hydrogen-bond donors (Lipinski definition) is 2. The molecule has 0 spiro atoms. The van der Waals surface area contributed by atoms with E-state index in [4.69, 9.17) is 0 Å². The molecule has 2 N–H and O–H groups in total. The Kier molecular flexibility index (Phi) is 5.72. The molecule has 1 aromatic heterocycles. The lowest BCUT2D eigenvalue weighted by atomic mass is 9.86. The van der Waals surface area contributed by atoms with Gasteiger partial charge in [-0.25, -0.2) is 4.98 Å². The maximum absolute atomic E-state index is 13.0. The summed E-state index contributed by atoms with van der Waals surface area (Å²) in [5, 5.41) is 6.41. The molecule has 4 rings (SSSR count). The summed E-state index contributed by atoms with van der Waals surface area (Å²) in [5.74, 6) is 0.976. The van der Waals surface area contributed by atoms with Gasteiger partial charge in [0.05, 0.1) is 11.9 Å². The van der Waals surface area contributed by atoms with Crippen molar-refractivity contribution in [3.05, 3.63) is 59.3 Å². The van der Waals surface area contributed by atoms with E-state index < -0.39 is 0 Å². The van der Waals surface area contributed by atoms with Crippen molar-refractivity contribution in [3.63, 3.8) is 0 Å². The molecule has 2 aliphatic rings. The lowest BCUT2D eigenvalue weighted by Gasteiger charge is -2.28. The number of hydrogen-bond acceptors (Lipinski definition) is 4. The molecule has 1 fully saturated rings. The number of nitrogens with one attached hydrogen (secondary N) is 2. The molecule has 1 aromatic carbocycles. The molecule has 2 heterocycles. The maximum Gasteiger partial charge on any atom is 0.251 e. The summed E-state index contributed by atoms with van der Waals surface area (Å²) < 4.78 is 0. The third-order valence-electron chi connectivity index (χ3n) is 5.59. The highest BCUT2D eigenvalue weighted by Crippen LogP contribution is 2.33. The van der Waals surface area contributed by atoms with Crippen molar-refractivity contribution in [2.24, 2.45) is 0 Å². The van der Waals surface area contributed by atoms with Crippen molar-refractivity contribution < 1.29 is 4.79 Å². The van der Waals surface area contributed by atoms with Gasteiger partial charge in [-0.1, -0.05) is 29.8 Å². The normalized spacial score (nSPS) is 17.5. The van der Waals surface area contributed by atoms with E-state index in [1.54, 1.807) is 6.20 Å². The van der Waals surface area contributed by atoms with E-state index in [0.29, 0.717) is 0 Å². The van der Waals surface area contributed by atoms with Gasteiger partial charge in [0.2, 0.25) is 0 Å². The first kappa shape index (κ1) is 18.7. The number of amides is 1. The molecular weight excluding hydrogens is 348 g/mol. The molecule has 0 bridgehead atoms. The summed E-state index contributed by atoms with van der Waals surface area (Å²) in [5.41, 5.74) is 5.27. The van der Waals surface area contributed by atoms with Crippen molar-refractivity contribution in [1.29, 1.82) is 0 Å². The zero-order valence-corrected chi connectivity index (χ0v) is 16.5. The van der Waals surface area contributed by atoms with Crippen LogP contribution in [0.15, 0.2) is 48.2 Å². The van der Waals surface area contributed by atoms with Gasteiger partial charge >= 0.3 is 0 Å². The number of anilines is 2. The standard InChI is InChI=1S/C23H28N4O/c1-17-6-8-18(9-7-17)20-4-2-3-5-21(20)23(28)26-19-10-11-22(25-16-19)27-14-12-24-13-15-27/h6-11,16,24H,2-5,12-15H2,1H3,(H,26,28). The summed E-state index contributed by atoms with van der Waals surface area (Å²) in [4.78, 5) is 19.8. The molecule has 1 amide bonds. The van der Waals surface area contributed by atoms with Gasteiger partial charge in [0.15, 0.2) is 0 Å². The number of nitrogens with zero attached hydrogens (tertiary/aromatic N) is 2. The SMILES string of the molecule is Cc1ccc(C2=C(C(=O)Nc3ccc(N4CCNCC4)nc3)CCCC2)cc1. The predicted octanol–water partition coefficient (Wildman–Crippen LogP) is 3.77. The zero-order valence-electron chi connectivity index (χ0n) is 16.5. The van der Waals surface area contributed by atoms with Gasteiger partial charge in [0, 0.05) is 31.8 Å². The van der Waals surface area contributed by atoms with Gasteiger partial charge < -0.3 is 15.5 Å². The Morgan fingerprint density at radius 3 is 2.50 bits per heavy atom. The molecule has 5 nitrogen and oxygen atoms in total. The molecule has 0 saturated carbocycles. The molecule has 0 unspecified atom stereocenters. The number of carbonyl (C=O) groups is 1. The lowest BCUT2D eigenvalue weighted by molar-refractivity contribution is -0.113. The first-order valence-corrected chi connectivity index (χ1v) is 10.2. The fourth-order valence-corrected chi connectivity index (χ4v) is 3.98. The summed E-state index contributed by atoms with van der Waals surface area (Å²) in [6.45, 7) is 5.98. The summed E-state index contributed by atoms with van der Waals surface area (Å²) in [6, 6.07) is 12.4. The van der Waals surface area contributed by atoms with E-state index in [2.05, 4.69) is 51.7 Å². The van der Waals surface area contributed by atoms with Crippen LogP contribution in [-0.2, 0) is 4.79 Å². The number of rotatable bonds is 4. The fraction of sp³-hybridized carbons (Fsp3) is 0.391. The number of aromatic nitrogens is 1. The van der Waals surface area contributed by atoms with Crippen LogP contribution in [0, 0.1) is 6.92 Å². The number of benzene rings is 1. The zero-order chi connectivity index (χ0) is 19.3. The van der Waals surface area contributed by atoms with Gasteiger partial charge in [-0.2, -0.15) is 0 Å². The van der Waals surface area contributed by atoms with Gasteiger partial charge in [-0.05, 0) is 55.9 Å². The van der Waals surface area contributed by atoms with E-state index in [0.717, 1.165) is 68.9 Å².